The van der Waals surface area contributed by atoms with Crippen LogP contribution in [0.1, 0.15) is 27.2 Å². The number of rotatable bonds is 7. The second-order valence-electron chi connectivity index (χ2n) is 3.86. The van der Waals surface area contributed by atoms with E-state index in [-0.39, 0.29) is 12.6 Å². The second kappa shape index (κ2) is 6.14. The lowest BCUT2D eigenvalue weighted by atomic mass is 9.89. The Morgan fingerprint density at radius 1 is 1.44 bits per heavy atom. The zero-order valence-electron chi connectivity index (χ0n) is 9.61. The summed E-state index contributed by atoms with van der Waals surface area (Å²) in [5.74, 6) is -0.144. The third-order valence-electron chi connectivity index (χ3n) is 2.18. The molecule has 0 atom stereocenters. The molecule has 0 bridgehead atoms. The molecule has 0 aliphatic rings. The Morgan fingerprint density at radius 3 is 2.44 bits per heavy atom. The lowest BCUT2D eigenvalue weighted by Crippen LogP contribution is -2.42. The molecule has 0 fully saturated rings. The number of nitrogens with one attached hydrogen (secondary N) is 2. The van der Waals surface area contributed by atoms with Crippen LogP contribution in [-0.2, 0) is 19.4 Å². The Bertz CT molecular complexity index is 325. The molecule has 8 heteroatoms. The van der Waals surface area contributed by atoms with Crippen molar-refractivity contribution in [3.8, 4) is 0 Å². The fourth-order valence-electron chi connectivity index (χ4n) is 0.710. The molecule has 1 amide bonds. The van der Waals surface area contributed by atoms with Crippen LogP contribution in [0.5, 0.6) is 0 Å². The lowest BCUT2D eigenvalue weighted by molar-refractivity contribution is -0.129. The van der Waals surface area contributed by atoms with Crippen LogP contribution in [0.3, 0.4) is 0 Å². The third kappa shape index (κ3) is 6.72. The van der Waals surface area contributed by atoms with Crippen LogP contribution in [0.25, 0.3) is 0 Å². The van der Waals surface area contributed by atoms with Gasteiger partial charge < -0.3 is 5.32 Å². The van der Waals surface area contributed by atoms with Crippen LogP contribution >= 0.6 is 0 Å². The van der Waals surface area contributed by atoms with Gasteiger partial charge in [0.15, 0.2) is 0 Å². The molecular weight excluding hydrogens is 236 g/mol. The molecule has 0 saturated heterocycles. The van der Waals surface area contributed by atoms with Crippen molar-refractivity contribution in [3.63, 3.8) is 0 Å². The van der Waals surface area contributed by atoms with E-state index in [2.05, 4.69) is 14.8 Å². The maximum atomic E-state index is 11.5. The first kappa shape index (κ1) is 15.3. The molecule has 96 valence electrons. The van der Waals surface area contributed by atoms with E-state index in [9.17, 15) is 13.2 Å². The highest BCUT2D eigenvalue weighted by Gasteiger charge is 2.24. The predicted molar refractivity (Wildman–Crippen MR) is 57.7 cm³/mol. The van der Waals surface area contributed by atoms with Crippen molar-refractivity contribution in [1.29, 1.82) is 0 Å². The van der Waals surface area contributed by atoms with Crippen LogP contribution in [0, 0.1) is 5.41 Å². The molecular formula is C8H18N2O5S. The molecule has 16 heavy (non-hydrogen) atoms. The van der Waals surface area contributed by atoms with E-state index in [1.54, 1.807) is 13.8 Å². The van der Waals surface area contributed by atoms with Gasteiger partial charge in [0.2, 0.25) is 5.91 Å². The topological polar surface area (TPSA) is 105 Å². The third-order valence-corrected chi connectivity index (χ3v) is 2.60. The molecule has 7 nitrogen and oxygen atoms in total. The van der Waals surface area contributed by atoms with Crippen molar-refractivity contribution in [3.05, 3.63) is 0 Å². The van der Waals surface area contributed by atoms with Crippen molar-refractivity contribution in [2.45, 2.75) is 27.2 Å². The van der Waals surface area contributed by atoms with E-state index in [1.165, 1.54) is 0 Å². The normalized spacial score (nSPS) is 12.5. The molecule has 0 aromatic heterocycles. The maximum absolute atomic E-state index is 11.5. The quantitative estimate of drug-likeness (QED) is 0.332. The molecule has 0 aromatic carbocycles. The Labute approximate surface area is 95.5 Å². The van der Waals surface area contributed by atoms with E-state index in [0.717, 1.165) is 0 Å². The van der Waals surface area contributed by atoms with E-state index in [0.29, 0.717) is 6.42 Å². The summed E-state index contributed by atoms with van der Waals surface area (Å²) in [6, 6.07) is 0. The van der Waals surface area contributed by atoms with E-state index in [4.69, 9.17) is 4.55 Å². The molecule has 0 saturated carbocycles. The maximum Gasteiger partial charge on any atom is 0.398 e. The standard InChI is InChI=1S/C8H18N2O5S/c1-4-8(2,3)7(11)10-5-9-6-15-16(12,13)14/h9H,4-6H2,1-3H3,(H,10,11)(H,12,13,14). The zero-order valence-corrected chi connectivity index (χ0v) is 10.4. The average Bonchev–Trinajstić information content (AvgIpc) is 2.15. The molecule has 3 N–H and O–H groups in total. The first-order valence-electron chi connectivity index (χ1n) is 4.80. The van der Waals surface area contributed by atoms with Crippen molar-refractivity contribution >= 4 is 16.3 Å². The number of hydrogen-bond acceptors (Lipinski definition) is 5. The smallest absolute Gasteiger partial charge is 0.343 e. The average molecular weight is 254 g/mol. The first-order valence-corrected chi connectivity index (χ1v) is 6.16. The Morgan fingerprint density at radius 2 is 2.00 bits per heavy atom. The van der Waals surface area contributed by atoms with Gasteiger partial charge >= 0.3 is 10.4 Å². The molecule has 0 radical (unpaired) electrons. The van der Waals surface area contributed by atoms with Crippen molar-refractivity contribution in [2.75, 3.05) is 13.4 Å². The van der Waals surface area contributed by atoms with Gasteiger partial charge in [-0.2, -0.15) is 8.42 Å². The minimum atomic E-state index is -4.43. The van der Waals surface area contributed by atoms with E-state index in [1.807, 2.05) is 6.92 Å². The zero-order chi connectivity index (χ0) is 12.8. The number of amides is 1. The SMILES string of the molecule is CCC(C)(C)C(=O)NCNCOS(=O)(=O)O. The minimum Gasteiger partial charge on any atom is -0.343 e. The molecule has 0 heterocycles. The van der Waals surface area contributed by atoms with Gasteiger partial charge in [-0.1, -0.05) is 20.8 Å². The van der Waals surface area contributed by atoms with Gasteiger partial charge in [0, 0.05) is 5.41 Å². The Hall–Kier alpha value is -0.700. The summed E-state index contributed by atoms with van der Waals surface area (Å²) in [6.07, 6.45) is 0.695. The monoisotopic (exact) mass is 254 g/mol. The number of hydrogen-bond donors (Lipinski definition) is 3. The fourth-order valence-corrected chi connectivity index (χ4v) is 0.942. The van der Waals surface area contributed by atoms with Gasteiger partial charge in [0.25, 0.3) is 0 Å². The molecule has 0 aliphatic carbocycles. The van der Waals surface area contributed by atoms with E-state index < -0.39 is 22.5 Å². The summed E-state index contributed by atoms with van der Waals surface area (Å²) < 4.78 is 32.5. The highest BCUT2D eigenvalue weighted by atomic mass is 32.3. The highest BCUT2D eigenvalue weighted by Crippen LogP contribution is 2.18. The van der Waals surface area contributed by atoms with Gasteiger partial charge in [-0.05, 0) is 6.42 Å². The first-order chi connectivity index (χ1) is 7.19. The summed E-state index contributed by atoms with van der Waals surface area (Å²) in [7, 11) is -4.43. The Balaban J connectivity index is 3.72. The van der Waals surface area contributed by atoms with Crippen LogP contribution in [0.2, 0.25) is 0 Å². The number of carbonyl (C=O) groups excluding carboxylic acids is 1. The van der Waals surface area contributed by atoms with Gasteiger partial charge in [0.1, 0.15) is 6.73 Å². The summed E-state index contributed by atoms with van der Waals surface area (Å²) in [5.41, 5.74) is -0.467. The summed E-state index contributed by atoms with van der Waals surface area (Å²) >= 11 is 0. The second-order valence-corrected chi connectivity index (χ2v) is 4.95. The molecule has 0 rings (SSSR count). The van der Waals surface area contributed by atoms with Crippen molar-refractivity contribution in [1.82, 2.24) is 10.6 Å². The lowest BCUT2D eigenvalue weighted by Gasteiger charge is -2.21. The number of carbonyl (C=O) groups is 1. The van der Waals surface area contributed by atoms with Crippen LogP contribution in [-0.4, -0.2) is 32.3 Å². The summed E-state index contributed by atoms with van der Waals surface area (Å²) in [5, 5.41) is 5.03. The van der Waals surface area contributed by atoms with Gasteiger partial charge in [-0.25, -0.2) is 4.18 Å². The van der Waals surface area contributed by atoms with Gasteiger partial charge in [0.05, 0.1) is 6.67 Å². The van der Waals surface area contributed by atoms with Gasteiger partial charge in [-0.15, -0.1) is 0 Å². The van der Waals surface area contributed by atoms with Crippen molar-refractivity contribution < 1.29 is 21.9 Å². The molecule has 0 aliphatic heterocycles. The highest BCUT2D eigenvalue weighted by molar-refractivity contribution is 7.80. The summed E-state index contributed by atoms with van der Waals surface area (Å²) in [6.45, 7) is 5.17. The molecule has 0 unspecified atom stereocenters. The minimum absolute atomic E-state index is 0.0672. The Kier molecular flexibility index (Phi) is 5.87. The fraction of sp³-hybridized carbons (Fsp3) is 0.875. The van der Waals surface area contributed by atoms with Crippen LogP contribution in [0.15, 0.2) is 0 Å². The van der Waals surface area contributed by atoms with E-state index >= 15 is 0 Å². The van der Waals surface area contributed by atoms with Gasteiger partial charge in [-0.3, -0.25) is 14.7 Å². The predicted octanol–water partition coefficient (Wildman–Crippen LogP) is -0.137. The largest absolute Gasteiger partial charge is 0.398 e. The molecule has 0 aromatic rings. The van der Waals surface area contributed by atoms with Crippen LogP contribution < -0.4 is 10.6 Å². The van der Waals surface area contributed by atoms with Crippen molar-refractivity contribution in [2.24, 2.45) is 5.41 Å². The summed E-state index contributed by atoms with van der Waals surface area (Å²) in [4.78, 5) is 11.5. The van der Waals surface area contributed by atoms with Crippen LogP contribution in [0.4, 0.5) is 0 Å². The molecule has 0 spiro atoms.